The van der Waals surface area contributed by atoms with Gasteiger partial charge in [-0.05, 0) is 64.3 Å². The van der Waals surface area contributed by atoms with Crippen molar-refractivity contribution < 1.29 is 9.53 Å². The van der Waals surface area contributed by atoms with Gasteiger partial charge in [0, 0.05) is 33.7 Å². The minimum absolute atomic E-state index is 0. The second kappa shape index (κ2) is 14.5. The Kier molecular flexibility index (Phi) is 12.9. The van der Waals surface area contributed by atoms with E-state index < -0.39 is 0 Å². The van der Waals surface area contributed by atoms with E-state index in [9.17, 15) is 4.79 Å². The van der Waals surface area contributed by atoms with Gasteiger partial charge >= 0.3 is 0 Å². The van der Waals surface area contributed by atoms with Crippen LogP contribution >= 0.6 is 24.0 Å². The molecule has 1 aliphatic heterocycles. The number of likely N-dealkylation sites (tertiary alicyclic amines) is 1. The first-order chi connectivity index (χ1) is 14.4. The molecule has 176 valence electrons. The zero-order chi connectivity index (χ0) is 21.9. The van der Waals surface area contributed by atoms with Crippen LogP contribution in [-0.4, -0.2) is 80.6 Å². The van der Waals surface area contributed by atoms with E-state index in [1.54, 1.807) is 4.90 Å². The molecule has 2 unspecified atom stereocenters. The van der Waals surface area contributed by atoms with Crippen molar-refractivity contribution in [2.45, 2.75) is 52.2 Å². The highest BCUT2D eigenvalue weighted by Gasteiger charge is 2.30. The smallest absolute Gasteiger partial charge is 0.239 e. The van der Waals surface area contributed by atoms with Crippen molar-refractivity contribution in [3.8, 4) is 5.75 Å². The predicted octanol–water partition coefficient (Wildman–Crippen LogP) is 2.88. The van der Waals surface area contributed by atoms with Crippen molar-refractivity contribution in [1.29, 1.82) is 0 Å². The van der Waals surface area contributed by atoms with Crippen LogP contribution in [0.1, 0.15) is 38.7 Å². The van der Waals surface area contributed by atoms with Gasteiger partial charge in [-0.1, -0.05) is 12.1 Å². The molecule has 1 heterocycles. The summed E-state index contributed by atoms with van der Waals surface area (Å²) in [4.78, 5) is 21.0. The van der Waals surface area contributed by atoms with E-state index in [2.05, 4.69) is 40.4 Å². The van der Waals surface area contributed by atoms with Gasteiger partial charge in [-0.2, -0.15) is 0 Å². The molecule has 0 bridgehead atoms. The predicted molar refractivity (Wildman–Crippen MR) is 139 cm³/mol. The van der Waals surface area contributed by atoms with Gasteiger partial charge in [-0.25, -0.2) is 4.99 Å². The minimum atomic E-state index is -0.00957. The lowest BCUT2D eigenvalue weighted by Gasteiger charge is -2.26. The Morgan fingerprint density at radius 1 is 1.35 bits per heavy atom. The van der Waals surface area contributed by atoms with Crippen LogP contribution in [-0.2, 0) is 4.79 Å². The van der Waals surface area contributed by atoms with Crippen LogP contribution in [0.3, 0.4) is 0 Å². The molecule has 2 N–H and O–H groups in total. The molecule has 0 spiro atoms. The minimum Gasteiger partial charge on any atom is -0.489 e. The molecule has 1 aromatic carbocycles. The molecule has 0 radical (unpaired) electrons. The number of aryl methyl sites for hydroxylation is 1. The molecular weight excluding hydrogens is 505 g/mol. The third-order valence-corrected chi connectivity index (χ3v) is 5.18. The quantitative estimate of drug-likeness (QED) is 0.205. The fourth-order valence-electron chi connectivity index (χ4n) is 3.68. The van der Waals surface area contributed by atoms with E-state index in [1.165, 1.54) is 5.56 Å². The topological polar surface area (TPSA) is 69.2 Å². The fraction of sp³-hybridized carbons (Fsp3) is 0.652. The summed E-state index contributed by atoms with van der Waals surface area (Å²) < 4.78 is 5.97. The third kappa shape index (κ3) is 9.64. The number of nitrogens with one attached hydrogen (secondary N) is 2. The summed E-state index contributed by atoms with van der Waals surface area (Å²) >= 11 is 0. The van der Waals surface area contributed by atoms with Gasteiger partial charge in [0.05, 0.1) is 12.6 Å². The van der Waals surface area contributed by atoms with E-state index in [4.69, 9.17) is 4.74 Å². The second-order valence-corrected chi connectivity index (χ2v) is 8.17. The molecule has 1 fully saturated rings. The maximum atomic E-state index is 12.3. The Labute approximate surface area is 205 Å². The second-order valence-electron chi connectivity index (χ2n) is 8.17. The summed E-state index contributed by atoms with van der Waals surface area (Å²) in [6.45, 7) is 10.3. The van der Waals surface area contributed by atoms with E-state index in [0.29, 0.717) is 6.54 Å². The lowest BCUT2D eigenvalue weighted by molar-refractivity contribution is -0.133. The van der Waals surface area contributed by atoms with Crippen molar-refractivity contribution in [1.82, 2.24) is 20.4 Å². The number of ether oxygens (including phenoxy) is 1. The number of halogens is 1. The molecule has 1 aliphatic rings. The first kappa shape index (κ1) is 27.5. The van der Waals surface area contributed by atoms with E-state index >= 15 is 0 Å². The molecule has 1 aromatic rings. The van der Waals surface area contributed by atoms with E-state index in [0.717, 1.165) is 57.2 Å². The number of hydrogen-bond donors (Lipinski definition) is 2. The molecule has 1 amide bonds. The van der Waals surface area contributed by atoms with Crippen molar-refractivity contribution >= 4 is 35.8 Å². The van der Waals surface area contributed by atoms with Gasteiger partial charge in [-0.15, -0.1) is 24.0 Å². The summed E-state index contributed by atoms with van der Waals surface area (Å²) in [7, 11) is 3.67. The zero-order valence-corrected chi connectivity index (χ0v) is 22.0. The first-order valence-corrected chi connectivity index (χ1v) is 11.1. The maximum Gasteiger partial charge on any atom is 0.239 e. The summed E-state index contributed by atoms with van der Waals surface area (Å²) in [5, 5.41) is 6.69. The van der Waals surface area contributed by atoms with E-state index in [1.807, 2.05) is 39.2 Å². The summed E-state index contributed by atoms with van der Waals surface area (Å²) in [5.74, 6) is 1.90. The molecule has 31 heavy (non-hydrogen) atoms. The maximum absolute atomic E-state index is 12.3. The summed E-state index contributed by atoms with van der Waals surface area (Å²) in [5.41, 5.74) is 1.19. The Morgan fingerprint density at radius 2 is 2.13 bits per heavy atom. The van der Waals surface area contributed by atoms with Crippen LogP contribution in [0.2, 0.25) is 0 Å². The lowest BCUT2D eigenvalue weighted by atomic mass is 10.2. The highest BCUT2D eigenvalue weighted by atomic mass is 127. The number of guanidine groups is 1. The third-order valence-electron chi connectivity index (χ3n) is 5.18. The Bertz CT molecular complexity index is 698. The number of rotatable bonds is 10. The average Bonchev–Trinajstić information content (AvgIpc) is 3.17. The molecule has 1 saturated heterocycles. The van der Waals surface area contributed by atoms with Crippen molar-refractivity contribution in [2.75, 3.05) is 46.8 Å². The molecule has 0 aromatic heterocycles. The monoisotopic (exact) mass is 545 g/mol. The lowest BCUT2D eigenvalue weighted by Crippen LogP contribution is -2.44. The fourth-order valence-corrected chi connectivity index (χ4v) is 3.68. The van der Waals surface area contributed by atoms with Crippen LogP contribution in [0, 0.1) is 6.92 Å². The first-order valence-electron chi connectivity index (χ1n) is 11.1. The van der Waals surface area contributed by atoms with Crippen molar-refractivity contribution in [3.63, 3.8) is 0 Å². The van der Waals surface area contributed by atoms with Crippen LogP contribution in [0.4, 0.5) is 0 Å². The number of benzene rings is 1. The van der Waals surface area contributed by atoms with Gasteiger partial charge in [0.2, 0.25) is 5.91 Å². The van der Waals surface area contributed by atoms with Crippen molar-refractivity contribution in [3.05, 3.63) is 29.8 Å². The largest absolute Gasteiger partial charge is 0.489 e. The molecular formula is C23H40IN5O2. The Morgan fingerprint density at radius 3 is 2.81 bits per heavy atom. The number of amides is 1. The molecule has 0 aliphatic carbocycles. The number of carbonyl (C=O) groups excluding carboxylic acids is 1. The molecule has 7 nitrogen and oxygen atoms in total. The van der Waals surface area contributed by atoms with Crippen molar-refractivity contribution in [2.24, 2.45) is 4.99 Å². The van der Waals surface area contributed by atoms with Gasteiger partial charge in [0.25, 0.3) is 0 Å². The highest BCUT2D eigenvalue weighted by molar-refractivity contribution is 14.0. The molecule has 0 saturated carbocycles. The Hall–Kier alpha value is -1.55. The normalized spacial score (nSPS) is 17.6. The number of aliphatic imine (C=N–C) groups is 1. The average molecular weight is 546 g/mol. The van der Waals surface area contributed by atoms with Gasteiger partial charge in [0.15, 0.2) is 5.96 Å². The number of carbonyl (C=O) groups is 1. The van der Waals surface area contributed by atoms with Gasteiger partial charge in [-0.3, -0.25) is 9.69 Å². The standard InChI is InChI=1S/C23H39N5O2.HI/c1-6-24-23(26-17-19(3)30-20-11-7-10-18(2)16-20)25-13-9-15-28-14-8-12-21(28)22(29)27(4)5;/h7,10-11,16,19,21H,6,8-9,12-15,17H2,1-5H3,(H2,24,25,26);1H. The number of nitrogens with zero attached hydrogens (tertiary/aromatic N) is 3. The van der Waals surface area contributed by atoms with Crippen LogP contribution in [0.15, 0.2) is 29.3 Å². The SMILES string of the molecule is CCNC(=NCC(C)Oc1cccc(C)c1)NCCCN1CCCC1C(=O)N(C)C.I. The van der Waals surface area contributed by atoms with E-state index in [-0.39, 0.29) is 42.0 Å². The summed E-state index contributed by atoms with van der Waals surface area (Å²) in [6.07, 6.45) is 3.02. The summed E-state index contributed by atoms with van der Waals surface area (Å²) in [6, 6.07) is 8.12. The van der Waals surface area contributed by atoms with Crippen LogP contribution in [0.5, 0.6) is 5.75 Å². The molecule has 2 rings (SSSR count). The highest BCUT2D eigenvalue weighted by Crippen LogP contribution is 2.18. The Balaban J connectivity index is 0.00000480. The zero-order valence-electron chi connectivity index (χ0n) is 19.7. The molecule has 8 heteroatoms. The number of hydrogen-bond acceptors (Lipinski definition) is 4. The van der Waals surface area contributed by atoms with Gasteiger partial charge in [0.1, 0.15) is 11.9 Å². The van der Waals surface area contributed by atoms with Crippen LogP contribution < -0.4 is 15.4 Å². The van der Waals surface area contributed by atoms with Gasteiger partial charge < -0.3 is 20.3 Å². The number of likely N-dealkylation sites (N-methyl/N-ethyl adjacent to an activating group) is 1. The molecule has 2 atom stereocenters. The van der Waals surface area contributed by atoms with Crippen LogP contribution in [0.25, 0.3) is 0 Å².